The van der Waals surface area contributed by atoms with Crippen LogP contribution in [0.4, 0.5) is 4.39 Å². The van der Waals surface area contributed by atoms with Crippen LogP contribution in [0, 0.1) is 34.4 Å². The van der Waals surface area contributed by atoms with Gasteiger partial charge in [0.05, 0.1) is 5.92 Å². The Bertz CT molecular complexity index is 937. The Labute approximate surface area is 168 Å². The minimum Gasteiger partial charge on any atom is -0.454 e. The maximum absolute atomic E-state index is 14.1. The average molecular weight is 400 g/mol. The lowest BCUT2D eigenvalue weighted by Crippen LogP contribution is -2.14. The van der Waals surface area contributed by atoms with Crippen LogP contribution in [0.15, 0.2) is 60.1 Å². The van der Waals surface area contributed by atoms with Gasteiger partial charge in [0, 0.05) is 11.1 Å². The molecule has 28 heavy (non-hydrogen) atoms. The molecule has 1 saturated carbocycles. The first kappa shape index (κ1) is 19.9. The predicted octanol–water partition coefficient (Wildman–Crippen LogP) is 5.75. The molecule has 2 aromatic carbocycles. The van der Waals surface area contributed by atoms with E-state index in [0.717, 1.165) is 0 Å². The summed E-state index contributed by atoms with van der Waals surface area (Å²) in [4.78, 5) is 12.5. The minimum absolute atomic E-state index is 0.0398. The SMILES string of the molecule is CC1(C)[C@H](C(=O)OC(C#N)c2ccc(F)c(Oc3ccccc3)c2)[C@@H]1C=CCl. The average Bonchev–Trinajstić information content (AvgIpc) is 3.23. The van der Waals surface area contributed by atoms with Crippen molar-refractivity contribution >= 4 is 17.6 Å². The summed E-state index contributed by atoms with van der Waals surface area (Å²) in [6.45, 7) is 3.87. The summed E-state index contributed by atoms with van der Waals surface area (Å²) in [7, 11) is 0. The Morgan fingerprint density at radius 3 is 2.64 bits per heavy atom. The summed E-state index contributed by atoms with van der Waals surface area (Å²) in [5.74, 6) is -1.06. The second kappa shape index (κ2) is 8.04. The number of hydrogen-bond donors (Lipinski definition) is 0. The Balaban J connectivity index is 1.77. The summed E-state index contributed by atoms with van der Waals surface area (Å²) >= 11 is 5.63. The van der Waals surface area contributed by atoms with Gasteiger partial charge in [-0.3, -0.25) is 4.79 Å². The van der Waals surface area contributed by atoms with Gasteiger partial charge in [-0.2, -0.15) is 5.26 Å². The number of nitriles is 1. The Morgan fingerprint density at radius 1 is 1.29 bits per heavy atom. The molecule has 1 fully saturated rings. The fourth-order valence-corrected chi connectivity index (χ4v) is 3.46. The van der Waals surface area contributed by atoms with Gasteiger partial charge in [-0.1, -0.05) is 55.8 Å². The maximum Gasteiger partial charge on any atom is 0.311 e. The lowest BCUT2D eigenvalue weighted by molar-refractivity contribution is -0.149. The quantitative estimate of drug-likeness (QED) is 0.580. The standard InChI is InChI=1S/C22H19ClFNO3/c1-22(2)16(10-11-23)20(22)21(26)28-19(13-25)14-8-9-17(24)18(12-14)27-15-6-4-3-5-7-15/h3-12,16,19-20H,1-2H3/t16-,19?,20-/m0/s1. The molecule has 1 unspecified atom stereocenters. The van der Waals surface area contributed by atoms with E-state index in [1.807, 2.05) is 26.0 Å². The number of allylic oxidation sites excluding steroid dienone is 1. The molecular formula is C22H19ClFNO3. The second-order valence-corrected chi connectivity index (χ2v) is 7.45. The van der Waals surface area contributed by atoms with E-state index in [2.05, 4.69) is 0 Å². The topological polar surface area (TPSA) is 59.3 Å². The molecule has 0 heterocycles. The Morgan fingerprint density at radius 2 is 2.00 bits per heavy atom. The fraction of sp³-hybridized carbons (Fsp3) is 0.273. The third-order valence-electron chi connectivity index (χ3n) is 5.02. The first-order valence-electron chi connectivity index (χ1n) is 8.78. The van der Waals surface area contributed by atoms with Gasteiger partial charge in [0.1, 0.15) is 11.8 Å². The van der Waals surface area contributed by atoms with E-state index in [1.165, 1.54) is 23.7 Å². The highest BCUT2D eigenvalue weighted by atomic mass is 35.5. The highest BCUT2D eigenvalue weighted by Gasteiger charge is 2.61. The number of rotatable bonds is 6. The van der Waals surface area contributed by atoms with Crippen molar-refractivity contribution in [3.8, 4) is 17.6 Å². The number of nitrogens with zero attached hydrogens (tertiary/aromatic N) is 1. The monoisotopic (exact) mass is 399 g/mol. The molecule has 144 valence electrons. The number of para-hydroxylation sites is 1. The van der Waals surface area contributed by atoms with E-state index in [-0.39, 0.29) is 23.0 Å². The normalized spacial score (nSPS) is 21.0. The summed E-state index contributed by atoms with van der Waals surface area (Å²) in [5, 5.41) is 9.48. The zero-order valence-corrected chi connectivity index (χ0v) is 16.2. The van der Waals surface area contributed by atoms with Crippen LogP contribution >= 0.6 is 11.6 Å². The van der Waals surface area contributed by atoms with E-state index < -0.39 is 17.9 Å². The van der Waals surface area contributed by atoms with Gasteiger partial charge in [0.25, 0.3) is 0 Å². The zero-order valence-electron chi connectivity index (χ0n) is 15.4. The molecule has 3 rings (SSSR count). The summed E-state index contributed by atoms with van der Waals surface area (Å²) < 4.78 is 25.1. The number of hydrogen-bond acceptors (Lipinski definition) is 4. The van der Waals surface area contributed by atoms with Crippen molar-refractivity contribution in [2.45, 2.75) is 20.0 Å². The number of esters is 1. The molecule has 0 aliphatic heterocycles. The van der Waals surface area contributed by atoms with Crippen LogP contribution in [0.5, 0.6) is 11.5 Å². The van der Waals surface area contributed by atoms with Crippen LogP contribution in [0.1, 0.15) is 25.5 Å². The molecule has 1 aliphatic carbocycles. The molecular weight excluding hydrogens is 381 g/mol. The molecule has 0 saturated heterocycles. The minimum atomic E-state index is -1.16. The molecule has 0 radical (unpaired) electrons. The van der Waals surface area contributed by atoms with Gasteiger partial charge in [-0.25, -0.2) is 4.39 Å². The molecule has 0 amide bonds. The first-order chi connectivity index (χ1) is 13.4. The van der Waals surface area contributed by atoms with E-state index in [4.69, 9.17) is 21.1 Å². The molecule has 2 aromatic rings. The first-order valence-corrected chi connectivity index (χ1v) is 9.21. The summed E-state index contributed by atoms with van der Waals surface area (Å²) in [6.07, 6.45) is 0.585. The highest BCUT2D eigenvalue weighted by Crippen LogP contribution is 2.59. The fourth-order valence-electron chi connectivity index (χ4n) is 3.30. The van der Waals surface area contributed by atoms with Crippen LogP contribution in [-0.4, -0.2) is 5.97 Å². The van der Waals surface area contributed by atoms with Gasteiger partial charge in [0.15, 0.2) is 11.6 Å². The lowest BCUT2D eigenvalue weighted by Gasteiger charge is -2.14. The Kier molecular flexibility index (Phi) is 5.71. The molecule has 0 bridgehead atoms. The molecule has 0 aromatic heterocycles. The number of benzene rings is 2. The number of carbonyl (C=O) groups excluding carboxylic acids is 1. The third-order valence-corrected chi connectivity index (χ3v) is 5.17. The van der Waals surface area contributed by atoms with E-state index in [9.17, 15) is 14.4 Å². The summed E-state index contributed by atoms with van der Waals surface area (Å²) in [5.41, 5.74) is 1.44. The number of ether oxygens (including phenoxy) is 2. The van der Waals surface area contributed by atoms with E-state index >= 15 is 0 Å². The third kappa shape index (κ3) is 4.02. The van der Waals surface area contributed by atoms with Crippen molar-refractivity contribution in [3.63, 3.8) is 0 Å². The largest absolute Gasteiger partial charge is 0.454 e. The lowest BCUT2D eigenvalue weighted by atomic mass is 10.1. The van der Waals surface area contributed by atoms with Crippen LogP contribution in [0.3, 0.4) is 0 Å². The number of carbonyl (C=O) groups is 1. The van der Waals surface area contributed by atoms with Crippen molar-refractivity contribution in [1.82, 2.24) is 0 Å². The van der Waals surface area contributed by atoms with Gasteiger partial charge < -0.3 is 9.47 Å². The van der Waals surface area contributed by atoms with Crippen molar-refractivity contribution < 1.29 is 18.7 Å². The summed E-state index contributed by atoms with van der Waals surface area (Å²) in [6, 6.07) is 14.6. The van der Waals surface area contributed by atoms with Crippen molar-refractivity contribution in [1.29, 1.82) is 5.26 Å². The number of halogens is 2. The van der Waals surface area contributed by atoms with Gasteiger partial charge >= 0.3 is 5.97 Å². The second-order valence-electron chi connectivity index (χ2n) is 7.19. The van der Waals surface area contributed by atoms with E-state index in [1.54, 1.807) is 30.3 Å². The molecule has 1 aliphatic rings. The van der Waals surface area contributed by atoms with Crippen molar-refractivity contribution in [2.24, 2.45) is 17.3 Å². The van der Waals surface area contributed by atoms with Crippen molar-refractivity contribution in [3.05, 3.63) is 71.5 Å². The van der Waals surface area contributed by atoms with Gasteiger partial charge in [0.2, 0.25) is 6.10 Å². The van der Waals surface area contributed by atoms with Gasteiger partial charge in [-0.05, 0) is 35.6 Å². The Hall–Kier alpha value is -2.84. The molecule has 6 heteroatoms. The van der Waals surface area contributed by atoms with Crippen LogP contribution in [-0.2, 0) is 9.53 Å². The van der Waals surface area contributed by atoms with Crippen molar-refractivity contribution in [2.75, 3.05) is 0 Å². The maximum atomic E-state index is 14.1. The highest BCUT2D eigenvalue weighted by molar-refractivity contribution is 6.25. The smallest absolute Gasteiger partial charge is 0.311 e. The zero-order chi connectivity index (χ0) is 20.3. The van der Waals surface area contributed by atoms with Crippen LogP contribution in [0.2, 0.25) is 0 Å². The molecule has 4 nitrogen and oxygen atoms in total. The van der Waals surface area contributed by atoms with Crippen LogP contribution in [0.25, 0.3) is 0 Å². The van der Waals surface area contributed by atoms with Gasteiger partial charge in [-0.15, -0.1) is 0 Å². The molecule has 0 N–H and O–H groups in total. The molecule has 0 spiro atoms. The predicted molar refractivity (Wildman–Crippen MR) is 103 cm³/mol. The van der Waals surface area contributed by atoms with Crippen LogP contribution < -0.4 is 4.74 Å². The van der Waals surface area contributed by atoms with E-state index in [0.29, 0.717) is 11.3 Å². The molecule has 3 atom stereocenters.